The van der Waals surface area contributed by atoms with Crippen LogP contribution < -0.4 is 74.6 Å². The number of carbonyl (C=O) groups is 1. The maximum absolute atomic E-state index is 13.0. The Kier molecular flexibility index (Phi) is 13.1. The largest absolute Gasteiger partial charge is 3.00 e. The number of nitrogens with zero attached hydrogens (tertiary/aromatic N) is 5. The summed E-state index contributed by atoms with van der Waals surface area (Å²) >= 11 is 11.5. The number of aromatic nitrogens is 3. The number of benzene rings is 3. The van der Waals surface area contributed by atoms with Crippen molar-refractivity contribution < 1.29 is 106 Å². The molecular weight excluding hydrogens is 621 g/mol. The molecule has 0 saturated carbocycles. The number of carbonyl (C=O) groups excluding carboxylic acids is 1. The van der Waals surface area contributed by atoms with Crippen LogP contribution >= 0.6 is 23.2 Å². The van der Waals surface area contributed by atoms with E-state index in [0.29, 0.717) is 5.69 Å². The molecule has 12 nitrogen and oxygen atoms in total. The third-order valence-corrected chi connectivity index (χ3v) is 5.71. The molecule has 181 valence electrons. The molecule has 0 spiro atoms. The van der Waals surface area contributed by atoms with Gasteiger partial charge in [-0.1, -0.05) is 30.0 Å². The Labute approximate surface area is 281 Å². The number of azo groups is 1. The van der Waals surface area contributed by atoms with Crippen molar-refractivity contribution in [2.45, 2.75) is 4.90 Å². The van der Waals surface area contributed by atoms with Crippen LogP contribution in [-0.2, 0) is 27.5 Å². The van der Waals surface area contributed by atoms with Gasteiger partial charge < -0.3 is 24.9 Å². The summed E-state index contributed by atoms with van der Waals surface area (Å²) in [5, 5.41) is 34.1. The van der Waals surface area contributed by atoms with Crippen LogP contribution in [0.25, 0.3) is 10.8 Å². The van der Waals surface area contributed by atoms with Gasteiger partial charge in [-0.15, -0.1) is 10.2 Å². The Balaban J connectivity index is 0.00000361. The molecule has 0 saturated heterocycles. The summed E-state index contributed by atoms with van der Waals surface area (Å²) < 4.78 is 35.7. The number of carboxylic acids is 1. The molecule has 4 aromatic rings. The van der Waals surface area contributed by atoms with Crippen LogP contribution in [0.15, 0.2) is 63.7 Å². The van der Waals surface area contributed by atoms with Crippen molar-refractivity contribution >= 4 is 73.1 Å². The molecular formula is C20H10Cl2CrN6Na2O6S+3. The summed E-state index contributed by atoms with van der Waals surface area (Å²) in [6.07, 6.45) is 0. The predicted molar refractivity (Wildman–Crippen MR) is 121 cm³/mol. The molecule has 38 heavy (non-hydrogen) atoms. The first-order chi connectivity index (χ1) is 16.5. The molecule has 3 aromatic carbocycles. The number of carboxylic acid groups (broad SMARTS) is 1. The van der Waals surface area contributed by atoms with Crippen LogP contribution in [0, 0.1) is 0 Å². The normalized spacial score (nSPS) is 10.8. The van der Waals surface area contributed by atoms with Crippen LogP contribution in [0.2, 0.25) is 10.6 Å². The third kappa shape index (κ3) is 8.07. The monoisotopic (exact) mass is 630 g/mol. The number of halogens is 2. The van der Waals surface area contributed by atoms with E-state index in [1.54, 1.807) is 0 Å². The zero-order valence-corrected chi connectivity index (χ0v) is 27.0. The second-order valence-corrected chi connectivity index (χ2v) is 8.79. The molecule has 1 heterocycles. The summed E-state index contributed by atoms with van der Waals surface area (Å²) in [5.41, 5.74) is -1.00. The average Bonchev–Trinajstić information content (AvgIpc) is 2.77. The summed E-state index contributed by atoms with van der Waals surface area (Å²) in [4.78, 5) is 21.6. The smallest absolute Gasteiger partial charge is 0.871 e. The predicted octanol–water partition coefficient (Wildman–Crippen LogP) is -3.05. The first-order valence-electron chi connectivity index (χ1n) is 9.33. The summed E-state index contributed by atoms with van der Waals surface area (Å²) in [5.74, 6) is -2.49. The molecule has 0 amide bonds. The van der Waals surface area contributed by atoms with Crippen LogP contribution in [-0.4, -0.2) is 33.9 Å². The van der Waals surface area contributed by atoms with E-state index in [4.69, 9.17) is 23.2 Å². The zero-order chi connectivity index (χ0) is 25.3. The molecule has 1 N–H and O–H groups in total. The van der Waals surface area contributed by atoms with Crippen molar-refractivity contribution in [1.82, 2.24) is 15.0 Å². The first-order valence-corrected chi connectivity index (χ1v) is 11.5. The Morgan fingerprint density at radius 2 is 1.61 bits per heavy atom. The Morgan fingerprint density at radius 3 is 2.21 bits per heavy atom. The SMILES string of the molecule is O=C([O-])c1ccccc1N=Nc1c(S(=O)(=O)[O-])cc2cc(Nc3nc(Cl)nc(Cl)n3)ccc2c1[O-].[Cr+3].[H+].[Na+].[Na+]. The Hall–Kier alpha value is -1.38. The number of rotatable bonds is 6. The van der Waals surface area contributed by atoms with E-state index < -0.39 is 32.4 Å². The zero-order valence-electron chi connectivity index (χ0n) is 20.4. The van der Waals surface area contributed by atoms with Gasteiger partial charge in [0.1, 0.15) is 10.1 Å². The van der Waals surface area contributed by atoms with E-state index in [1.165, 1.54) is 42.5 Å². The number of aromatic carboxylic acids is 1. The van der Waals surface area contributed by atoms with Crippen LogP contribution in [0.1, 0.15) is 11.8 Å². The summed E-state index contributed by atoms with van der Waals surface area (Å²) in [7, 11) is -5.18. The maximum atomic E-state index is 13.0. The average molecular weight is 631 g/mol. The van der Waals surface area contributed by atoms with Gasteiger partial charge in [-0.05, 0) is 58.2 Å². The molecule has 0 fully saturated rings. The van der Waals surface area contributed by atoms with E-state index in [0.717, 1.165) is 6.07 Å². The molecule has 0 atom stereocenters. The van der Waals surface area contributed by atoms with Gasteiger partial charge in [0.05, 0.1) is 22.2 Å². The Morgan fingerprint density at radius 1 is 0.974 bits per heavy atom. The molecule has 18 heteroatoms. The van der Waals surface area contributed by atoms with Gasteiger partial charge in [0.2, 0.25) is 16.5 Å². The van der Waals surface area contributed by atoms with Gasteiger partial charge in [-0.3, -0.25) is 0 Å². The van der Waals surface area contributed by atoms with Gasteiger partial charge in [-0.25, -0.2) is 8.42 Å². The van der Waals surface area contributed by atoms with E-state index in [9.17, 15) is 28.0 Å². The van der Waals surface area contributed by atoms with E-state index in [1.807, 2.05) is 0 Å². The van der Waals surface area contributed by atoms with Crippen LogP contribution in [0.3, 0.4) is 0 Å². The third-order valence-electron chi connectivity index (χ3n) is 4.52. The van der Waals surface area contributed by atoms with Crippen molar-refractivity contribution in [1.29, 1.82) is 0 Å². The molecule has 0 aliphatic heterocycles. The second-order valence-electron chi connectivity index (χ2n) is 6.77. The minimum atomic E-state index is -5.18. The van der Waals surface area contributed by atoms with Crippen molar-refractivity contribution in [2.75, 3.05) is 5.32 Å². The second kappa shape index (κ2) is 14.3. The van der Waals surface area contributed by atoms with Gasteiger partial charge in [0.15, 0.2) is 0 Å². The standard InChI is InChI=1S/C20H12Cl2N6O6S.Cr.2Na/c21-18-24-19(22)26-20(25-18)23-10-5-6-11-9(7-10)8-14(35(32,33)34)15(16(11)29)28-27-13-4-2-1-3-12(13)17(30)31;;;/h1-8,29H,(H,30,31)(H,32,33,34)(H,23,24,25,26);;;/q;+3;2*+1/p-2. The molecule has 0 unspecified atom stereocenters. The first kappa shape index (κ1) is 34.6. The molecule has 0 aliphatic rings. The van der Waals surface area contributed by atoms with Crippen molar-refractivity contribution in [3.8, 4) is 5.75 Å². The van der Waals surface area contributed by atoms with E-state index in [2.05, 4.69) is 30.5 Å². The van der Waals surface area contributed by atoms with Crippen LogP contribution in [0.5, 0.6) is 5.75 Å². The maximum Gasteiger partial charge on any atom is 3.00 e. The minimum Gasteiger partial charge on any atom is -0.871 e. The summed E-state index contributed by atoms with van der Waals surface area (Å²) in [6.45, 7) is 0. The number of hydrogen-bond acceptors (Lipinski definition) is 12. The fraction of sp³-hybridized carbons (Fsp3) is 0. The van der Waals surface area contributed by atoms with Crippen LogP contribution in [0.4, 0.5) is 23.0 Å². The van der Waals surface area contributed by atoms with Gasteiger partial charge >= 0.3 is 77.9 Å². The quantitative estimate of drug-likeness (QED) is 0.130. The topological polar surface area (TPSA) is 196 Å². The number of hydrogen-bond donors (Lipinski definition) is 1. The van der Waals surface area contributed by atoms with Crippen molar-refractivity contribution in [3.05, 3.63) is 64.7 Å². The van der Waals surface area contributed by atoms with Crippen molar-refractivity contribution in [3.63, 3.8) is 0 Å². The van der Waals surface area contributed by atoms with Crippen molar-refractivity contribution in [2.24, 2.45) is 10.2 Å². The fourth-order valence-corrected chi connectivity index (χ4v) is 4.05. The molecule has 1 aromatic heterocycles. The number of fused-ring (bicyclic) bond motifs is 1. The molecule has 1 radical (unpaired) electrons. The van der Waals surface area contributed by atoms with E-state index >= 15 is 0 Å². The number of nitrogens with one attached hydrogen (secondary N) is 1. The summed E-state index contributed by atoms with van der Waals surface area (Å²) in [6, 6.07) is 10.4. The van der Waals surface area contributed by atoms with Gasteiger partial charge in [0.25, 0.3) is 0 Å². The fourth-order valence-electron chi connectivity index (χ4n) is 3.05. The molecule has 4 rings (SSSR count). The van der Waals surface area contributed by atoms with E-state index in [-0.39, 0.29) is 116 Å². The van der Waals surface area contributed by atoms with Gasteiger partial charge in [-0.2, -0.15) is 15.0 Å². The van der Waals surface area contributed by atoms with Gasteiger partial charge in [0, 0.05) is 11.3 Å². The Bertz CT molecular complexity index is 1630. The molecule has 0 bridgehead atoms. The molecule has 0 aliphatic carbocycles. The number of anilines is 2. The minimum absolute atomic E-state index is 0.